The highest BCUT2D eigenvalue weighted by atomic mass is 14.6. The van der Waals surface area contributed by atoms with Gasteiger partial charge in [-0.05, 0) is 93.4 Å². The van der Waals surface area contributed by atoms with Gasteiger partial charge in [0.25, 0.3) is 0 Å². The molecule has 0 aromatic heterocycles. The first kappa shape index (κ1) is 32.2. The summed E-state index contributed by atoms with van der Waals surface area (Å²) in [6.07, 6.45) is 13.4. The lowest BCUT2D eigenvalue weighted by Crippen LogP contribution is -2.26. The van der Waals surface area contributed by atoms with E-state index in [-0.39, 0.29) is 0 Å². The number of hydrogen-bond acceptors (Lipinski definition) is 1. The molecule has 1 fully saturated rings. The summed E-state index contributed by atoms with van der Waals surface area (Å²) in [7, 11) is 0. The zero-order valence-corrected chi connectivity index (χ0v) is 25.3. The molecule has 0 bridgehead atoms. The molecule has 3 aromatic rings. The van der Waals surface area contributed by atoms with Crippen molar-refractivity contribution in [3.63, 3.8) is 0 Å². The first-order chi connectivity index (χ1) is 18.8. The normalized spacial score (nSPS) is 13.7. The predicted molar refractivity (Wildman–Crippen MR) is 174 cm³/mol. The van der Waals surface area contributed by atoms with Crippen LogP contribution in [0.1, 0.15) is 94.4 Å². The van der Waals surface area contributed by atoms with Gasteiger partial charge in [0.1, 0.15) is 0 Å². The second-order valence-electron chi connectivity index (χ2n) is 11.3. The summed E-state index contributed by atoms with van der Waals surface area (Å²) in [5.41, 5.74) is 15.5. The van der Waals surface area contributed by atoms with E-state index in [1.54, 1.807) is 0 Å². The monoisotopic (exact) mass is 523 g/mol. The molecular weight excluding hydrogens is 470 g/mol. The molecule has 3 aromatic carbocycles. The molecule has 1 aliphatic rings. The third-order valence-corrected chi connectivity index (χ3v) is 8.12. The Labute approximate surface area is 240 Å². The highest BCUT2D eigenvalue weighted by molar-refractivity contribution is 5.46. The molecular formula is C38H53N. The zero-order valence-electron chi connectivity index (χ0n) is 25.3. The number of rotatable bonds is 9. The Morgan fingerprint density at radius 3 is 1.85 bits per heavy atom. The molecule has 1 saturated carbocycles. The second kappa shape index (κ2) is 17.5. The summed E-state index contributed by atoms with van der Waals surface area (Å²) in [5, 5.41) is 0. The third-order valence-electron chi connectivity index (χ3n) is 8.12. The van der Waals surface area contributed by atoms with Crippen LogP contribution in [-0.2, 0) is 19.3 Å². The molecule has 1 aliphatic carbocycles. The van der Waals surface area contributed by atoms with Gasteiger partial charge in [-0.2, -0.15) is 0 Å². The molecule has 0 saturated heterocycles. The molecule has 0 radical (unpaired) electrons. The lowest BCUT2D eigenvalue weighted by molar-refractivity contribution is 0.216. The Bertz CT molecular complexity index is 1100. The second-order valence-corrected chi connectivity index (χ2v) is 11.3. The molecule has 1 heteroatoms. The van der Waals surface area contributed by atoms with Crippen molar-refractivity contribution < 1.29 is 0 Å². The van der Waals surface area contributed by atoms with E-state index < -0.39 is 0 Å². The maximum absolute atomic E-state index is 6.08. The van der Waals surface area contributed by atoms with Crippen LogP contribution in [0.15, 0.2) is 103 Å². The van der Waals surface area contributed by atoms with Crippen molar-refractivity contribution in [1.82, 2.24) is 0 Å². The SMILES string of the molecule is C=C(C)CCC1(C(=C)CCc2ccccc2N)CCCCC1.CCc1ccc(C)cc1.CCc1ccccc1. The number of allylic oxidation sites excluding steroid dienone is 2. The zero-order chi connectivity index (χ0) is 28.5. The van der Waals surface area contributed by atoms with Gasteiger partial charge in [0, 0.05) is 5.69 Å². The summed E-state index contributed by atoms with van der Waals surface area (Å²) < 4.78 is 0. The van der Waals surface area contributed by atoms with Crippen molar-refractivity contribution in [3.8, 4) is 0 Å². The standard InChI is InChI=1S/C21H31N.C9H12.C8H10/c1-17(2)13-16-21(14-7-4-8-15-21)18(3)11-12-19-9-5-6-10-20(19)22;1-3-9-6-4-8(2)5-7-9;1-2-8-6-4-3-5-7-8/h5-6,9-10H,1,3-4,7-8,11-16,22H2,2H3;4-7H,3H2,1-2H3;3-7H,2H2,1H3. The van der Waals surface area contributed by atoms with Gasteiger partial charge >= 0.3 is 0 Å². The topological polar surface area (TPSA) is 26.0 Å². The van der Waals surface area contributed by atoms with Gasteiger partial charge in [-0.1, -0.05) is 129 Å². The number of anilines is 1. The van der Waals surface area contributed by atoms with Crippen LogP contribution in [0.5, 0.6) is 0 Å². The molecule has 0 atom stereocenters. The minimum Gasteiger partial charge on any atom is -0.399 e. The van der Waals surface area contributed by atoms with E-state index in [2.05, 4.69) is 102 Å². The van der Waals surface area contributed by atoms with Crippen molar-refractivity contribution in [3.05, 3.63) is 125 Å². The Morgan fingerprint density at radius 2 is 1.31 bits per heavy atom. The van der Waals surface area contributed by atoms with Crippen molar-refractivity contribution in [2.75, 3.05) is 5.73 Å². The Balaban J connectivity index is 0.000000255. The average Bonchev–Trinajstić information content (AvgIpc) is 2.97. The van der Waals surface area contributed by atoms with E-state index in [9.17, 15) is 0 Å². The maximum atomic E-state index is 6.08. The maximum Gasteiger partial charge on any atom is 0.0346 e. The smallest absolute Gasteiger partial charge is 0.0346 e. The Hall–Kier alpha value is -3.06. The van der Waals surface area contributed by atoms with Gasteiger partial charge in [0.05, 0.1) is 0 Å². The minimum atomic E-state index is 0.348. The lowest BCUT2D eigenvalue weighted by Gasteiger charge is -2.40. The fourth-order valence-corrected chi connectivity index (χ4v) is 5.31. The van der Waals surface area contributed by atoms with Gasteiger partial charge in [0.15, 0.2) is 0 Å². The van der Waals surface area contributed by atoms with Crippen molar-refractivity contribution >= 4 is 5.69 Å². The quantitative estimate of drug-likeness (QED) is 0.219. The number of nitrogen functional groups attached to an aromatic ring is 1. The van der Waals surface area contributed by atoms with Crippen LogP contribution in [0.3, 0.4) is 0 Å². The van der Waals surface area contributed by atoms with Crippen molar-refractivity contribution in [2.45, 2.75) is 98.3 Å². The summed E-state index contributed by atoms with van der Waals surface area (Å²) >= 11 is 0. The summed E-state index contributed by atoms with van der Waals surface area (Å²) in [6, 6.07) is 27.3. The predicted octanol–water partition coefficient (Wildman–Crippen LogP) is 10.9. The van der Waals surface area contributed by atoms with Crippen LogP contribution in [0.2, 0.25) is 0 Å². The van der Waals surface area contributed by atoms with E-state index in [4.69, 9.17) is 5.73 Å². The Kier molecular flexibility index (Phi) is 14.4. The minimum absolute atomic E-state index is 0.348. The number of para-hydroxylation sites is 1. The van der Waals surface area contributed by atoms with E-state index in [0.29, 0.717) is 5.41 Å². The molecule has 210 valence electrons. The van der Waals surface area contributed by atoms with Gasteiger partial charge in [-0.15, -0.1) is 6.58 Å². The van der Waals surface area contributed by atoms with E-state index >= 15 is 0 Å². The first-order valence-corrected chi connectivity index (χ1v) is 15.0. The summed E-state index contributed by atoms with van der Waals surface area (Å²) in [6.45, 7) is 17.2. The lowest BCUT2D eigenvalue weighted by atomic mass is 9.65. The number of hydrogen-bond donors (Lipinski definition) is 1. The van der Waals surface area contributed by atoms with Crippen LogP contribution >= 0.6 is 0 Å². The van der Waals surface area contributed by atoms with Crippen LogP contribution in [0.4, 0.5) is 5.69 Å². The molecule has 39 heavy (non-hydrogen) atoms. The van der Waals surface area contributed by atoms with Crippen LogP contribution in [-0.4, -0.2) is 0 Å². The third kappa shape index (κ3) is 11.7. The van der Waals surface area contributed by atoms with Gasteiger partial charge in [0.2, 0.25) is 0 Å². The first-order valence-electron chi connectivity index (χ1n) is 15.0. The molecule has 0 amide bonds. The van der Waals surface area contributed by atoms with E-state index in [1.165, 1.54) is 71.9 Å². The Morgan fingerprint density at radius 1 is 0.744 bits per heavy atom. The van der Waals surface area contributed by atoms with Crippen molar-refractivity contribution in [1.29, 1.82) is 0 Å². The van der Waals surface area contributed by atoms with Crippen LogP contribution in [0, 0.1) is 12.3 Å². The molecule has 0 spiro atoms. The number of benzene rings is 3. The van der Waals surface area contributed by atoms with E-state index in [1.807, 2.05) is 18.2 Å². The van der Waals surface area contributed by atoms with Gasteiger partial charge < -0.3 is 5.73 Å². The van der Waals surface area contributed by atoms with Gasteiger partial charge in [-0.25, -0.2) is 0 Å². The van der Waals surface area contributed by atoms with Gasteiger partial charge in [-0.3, -0.25) is 0 Å². The highest BCUT2D eigenvalue weighted by Gasteiger charge is 2.33. The molecule has 0 unspecified atom stereocenters. The fourth-order valence-electron chi connectivity index (χ4n) is 5.31. The van der Waals surface area contributed by atoms with E-state index in [0.717, 1.165) is 37.8 Å². The molecule has 0 aliphatic heterocycles. The molecule has 4 rings (SSSR count). The van der Waals surface area contributed by atoms with Crippen LogP contribution in [0.25, 0.3) is 0 Å². The molecule has 1 nitrogen and oxygen atoms in total. The van der Waals surface area contributed by atoms with Crippen LogP contribution < -0.4 is 5.73 Å². The summed E-state index contributed by atoms with van der Waals surface area (Å²) in [4.78, 5) is 0. The average molecular weight is 524 g/mol. The highest BCUT2D eigenvalue weighted by Crippen LogP contribution is 2.47. The number of aryl methyl sites for hydroxylation is 4. The largest absolute Gasteiger partial charge is 0.399 e. The number of nitrogens with two attached hydrogens (primary N) is 1. The fraction of sp³-hybridized carbons (Fsp3) is 0.421. The van der Waals surface area contributed by atoms with Crippen molar-refractivity contribution in [2.24, 2.45) is 5.41 Å². The molecule has 0 heterocycles. The summed E-state index contributed by atoms with van der Waals surface area (Å²) in [5.74, 6) is 0. The molecule has 2 N–H and O–H groups in total.